The molecule has 1 amide bonds. The number of aryl methyl sites for hydroxylation is 1. The number of halogens is 1. The Labute approximate surface area is 128 Å². The SMILES string of the molecule is CN(CC(=O)Nc1cc(Cl)ccc1N)Cc1nccn1C. The molecule has 1 heterocycles. The molecule has 1 aromatic heterocycles. The van der Waals surface area contributed by atoms with Crippen LogP contribution in [0.2, 0.25) is 5.02 Å². The van der Waals surface area contributed by atoms with Gasteiger partial charge in [-0.15, -0.1) is 0 Å². The molecular formula is C14H18ClN5O. The molecule has 0 spiro atoms. The largest absolute Gasteiger partial charge is 0.397 e. The normalized spacial score (nSPS) is 10.9. The predicted octanol–water partition coefficient (Wildman–Crippen LogP) is 1.73. The van der Waals surface area contributed by atoms with Crippen LogP contribution in [0.25, 0.3) is 0 Å². The molecule has 2 aromatic rings. The van der Waals surface area contributed by atoms with E-state index in [4.69, 9.17) is 17.3 Å². The number of amides is 1. The number of hydrogen-bond donors (Lipinski definition) is 2. The van der Waals surface area contributed by atoms with Crippen LogP contribution in [0.4, 0.5) is 11.4 Å². The van der Waals surface area contributed by atoms with Crippen LogP contribution in [0.5, 0.6) is 0 Å². The topological polar surface area (TPSA) is 76.2 Å². The highest BCUT2D eigenvalue weighted by Crippen LogP contribution is 2.22. The number of carbonyl (C=O) groups excluding carboxylic acids is 1. The Morgan fingerprint density at radius 1 is 1.52 bits per heavy atom. The summed E-state index contributed by atoms with van der Waals surface area (Å²) in [5.41, 5.74) is 6.81. The molecule has 2 rings (SSSR count). The summed E-state index contributed by atoms with van der Waals surface area (Å²) in [6, 6.07) is 4.98. The van der Waals surface area contributed by atoms with Gasteiger partial charge in [0, 0.05) is 24.5 Å². The minimum absolute atomic E-state index is 0.152. The molecule has 7 heteroatoms. The highest BCUT2D eigenvalue weighted by Gasteiger charge is 2.11. The quantitative estimate of drug-likeness (QED) is 0.825. The van der Waals surface area contributed by atoms with Crippen molar-refractivity contribution in [2.24, 2.45) is 7.05 Å². The molecule has 0 unspecified atom stereocenters. The maximum atomic E-state index is 12.0. The van der Waals surface area contributed by atoms with Crippen molar-refractivity contribution >= 4 is 28.9 Å². The Morgan fingerprint density at radius 2 is 2.29 bits per heavy atom. The van der Waals surface area contributed by atoms with E-state index >= 15 is 0 Å². The molecule has 0 aliphatic heterocycles. The van der Waals surface area contributed by atoms with E-state index < -0.39 is 0 Å². The Balaban J connectivity index is 1.92. The third-order valence-electron chi connectivity index (χ3n) is 3.04. The number of imidazole rings is 1. The van der Waals surface area contributed by atoms with Gasteiger partial charge in [0.05, 0.1) is 24.5 Å². The summed E-state index contributed by atoms with van der Waals surface area (Å²) in [7, 11) is 3.78. The van der Waals surface area contributed by atoms with Crippen LogP contribution in [0.3, 0.4) is 0 Å². The monoisotopic (exact) mass is 307 g/mol. The molecule has 112 valence electrons. The summed E-state index contributed by atoms with van der Waals surface area (Å²) in [6.07, 6.45) is 3.60. The second-order valence-corrected chi connectivity index (χ2v) is 5.34. The van der Waals surface area contributed by atoms with Gasteiger partial charge in [0.15, 0.2) is 0 Å². The lowest BCUT2D eigenvalue weighted by Crippen LogP contribution is -2.30. The predicted molar refractivity (Wildman–Crippen MR) is 84.0 cm³/mol. The third-order valence-corrected chi connectivity index (χ3v) is 3.27. The van der Waals surface area contributed by atoms with Crippen LogP contribution in [0.15, 0.2) is 30.6 Å². The zero-order chi connectivity index (χ0) is 15.4. The Hall–Kier alpha value is -2.05. The number of anilines is 2. The Kier molecular flexibility index (Phi) is 4.82. The number of nitrogen functional groups attached to an aromatic ring is 1. The van der Waals surface area contributed by atoms with Crippen molar-refractivity contribution in [2.75, 3.05) is 24.6 Å². The van der Waals surface area contributed by atoms with Crippen LogP contribution < -0.4 is 11.1 Å². The number of rotatable bonds is 5. The molecule has 0 saturated carbocycles. The fourth-order valence-electron chi connectivity index (χ4n) is 1.92. The molecule has 0 atom stereocenters. The lowest BCUT2D eigenvalue weighted by Gasteiger charge is -2.16. The number of hydrogen-bond acceptors (Lipinski definition) is 4. The van der Waals surface area contributed by atoms with Crippen molar-refractivity contribution in [2.45, 2.75) is 6.54 Å². The molecule has 21 heavy (non-hydrogen) atoms. The van der Waals surface area contributed by atoms with Crippen LogP contribution in [-0.2, 0) is 18.4 Å². The first kappa shape index (κ1) is 15.3. The van der Waals surface area contributed by atoms with Gasteiger partial charge in [0.1, 0.15) is 5.82 Å². The maximum Gasteiger partial charge on any atom is 0.238 e. The first-order chi connectivity index (χ1) is 9.95. The molecule has 0 fully saturated rings. The van der Waals surface area contributed by atoms with Gasteiger partial charge in [-0.05, 0) is 25.2 Å². The molecule has 0 radical (unpaired) electrons. The van der Waals surface area contributed by atoms with Crippen molar-refractivity contribution in [1.29, 1.82) is 0 Å². The van der Waals surface area contributed by atoms with E-state index in [1.165, 1.54) is 0 Å². The number of aromatic nitrogens is 2. The highest BCUT2D eigenvalue weighted by atomic mass is 35.5. The first-order valence-corrected chi connectivity index (χ1v) is 6.83. The van der Waals surface area contributed by atoms with Crippen molar-refractivity contribution < 1.29 is 4.79 Å². The summed E-state index contributed by atoms with van der Waals surface area (Å²) >= 11 is 5.89. The number of nitrogens with zero attached hydrogens (tertiary/aromatic N) is 3. The summed E-state index contributed by atoms with van der Waals surface area (Å²) in [4.78, 5) is 18.1. The number of nitrogens with one attached hydrogen (secondary N) is 1. The van der Waals surface area contributed by atoms with E-state index in [1.807, 2.05) is 29.8 Å². The summed E-state index contributed by atoms with van der Waals surface area (Å²) in [6.45, 7) is 0.820. The Morgan fingerprint density at radius 3 is 2.95 bits per heavy atom. The van der Waals surface area contributed by atoms with Gasteiger partial charge in [0.2, 0.25) is 5.91 Å². The van der Waals surface area contributed by atoms with E-state index in [-0.39, 0.29) is 12.5 Å². The highest BCUT2D eigenvalue weighted by molar-refractivity contribution is 6.31. The number of carbonyl (C=O) groups is 1. The second-order valence-electron chi connectivity index (χ2n) is 4.91. The molecule has 6 nitrogen and oxygen atoms in total. The third kappa shape index (κ3) is 4.21. The molecule has 0 bridgehead atoms. The maximum absolute atomic E-state index is 12.0. The molecule has 3 N–H and O–H groups in total. The van der Waals surface area contributed by atoms with Gasteiger partial charge in [0.25, 0.3) is 0 Å². The number of likely N-dealkylation sites (N-methyl/N-ethyl adjacent to an activating group) is 1. The van der Waals surface area contributed by atoms with Crippen LogP contribution in [0.1, 0.15) is 5.82 Å². The van der Waals surface area contributed by atoms with Crippen LogP contribution >= 0.6 is 11.6 Å². The lowest BCUT2D eigenvalue weighted by atomic mass is 10.2. The fraction of sp³-hybridized carbons (Fsp3) is 0.286. The van der Waals surface area contributed by atoms with Gasteiger partial charge in [-0.3, -0.25) is 9.69 Å². The average molecular weight is 308 g/mol. The molecular weight excluding hydrogens is 290 g/mol. The Bertz CT molecular complexity index is 640. The van der Waals surface area contributed by atoms with Gasteiger partial charge in [-0.25, -0.2) is 4.98 Å². The lowest BCUT2D eigenvalue weighted by molar-refractivity contribution is -0.117. The molecule has 1 aromatic carbocycles. The number of benzene rings is 1. The minimum Gasteiger partial charge on any atom is -0.397 e. The second kappa shape index (κ2) is 6.60. The van der Waals surface area contributed by atoms with Gasteiger partial charge >= 0.3 is 0 Å². The van der Waals surface area contributed by atoms with Gasteiger partial charge in [-0.2, -0.15) is 0 Å². The molecule has 0 aliphatic carbocycles. The molecule has 0 aliphatic rings. The van der Waals surface area contributed by atoms with E-state index in [0.717, 1.165) is 5.82 Å². The van der Waals surface area contributed by atoms with E-state index in [9.17, 15) is 4.79 Å². The molecule has 0 saturated heterocycles. The van der Waals surface area contributed by atoms with E-state index in [1.54, 1.807) is 24.4 Å². The smallest absolute Gasteiger partial charge is 0.238 e. The zero-order valence-electron chi connectivity index (χ0n) is 12.0. The fourth-order valence-corrected chi connectivity index (χ4v) is 2.09. The van der Waals surface area contributed by atoms with E-state index in [2.05, 4.69) is 10.3 Å². The standard InChI is InChI=1S/C14H18ClN5O/c1-19(8-13-17-5-6-20(13)2)9-14(21)18-12-7-10(15)3-4-11(12)16/h3-7H,8-9,16H2,1-2H3,(H,18,21). The first-order valence-electron chi connectivity index (χ1n) is 6.45. The van der Waals surface area contributed by atoms with Gasteiger partial charge < -0.3 is 15.6 Å². The van der Waals surface area contributed by atoms with Crippen molar-refractivity contribution in [3.8, 4) is 0 Å². The van der Waals surface area contributed by atoms with Crippen molar-refractivity contribution in [3.05, 3.63) is 41.4 Å². The summed E-state index contributed by atoms with van der Waals surface area (Å²) in [5, 5.41) is 3.29. The van der Waals surface area contributed by atoms with E-state index in [0.29, 0.717) is 22.9 Å². The zero-order valence-corrected chi connectivity index (χ0v) is 12.8. The van der Waals surface area contributed by atoms with Crippen molar-refractivity contribution in [3.63, 3.8) is 0 Å². The minimum atomic E-state index is -0.152. The average Bonchev–Trinajstić information content (AvgIpc) is 2.79. The van der Waals surface area contributed by atoms with Crippen molar-refractivity contribution in [1.82, 2.24) is 14.5 Å². The summed E-state index contributed by atoms with van der Waals surface area (Å²) < 4.78 is 1.92. The number of nitrogens with two attached hydrogens (primary N) is 1. The summed E-state index contributed by atoms with van der Waals surface area (Å²) in [5.74, 6) is 0.744. The van der Waals surface area contributed by atoms with Crippen LogP contribution in [-0.4, -0.2) is 34.0 Å². The van der Waals surface area contributed by atoms with Gasteiger partial charge in [-0.1, -0.05) is 11.6 Å². The van der Waals surface area contributed by atoms with Crippen LogP contribution in [0, 0.1) is 0 Å².